The molecule has 0 amide bonds. The van der Waals surface area contributed by atoms with Crippen LogP contribution in [0.15, 0.2) is 30.3 Å². The highest BCUT2D eigenvalue weighted by Gasteiger charge is 1.89. The zero-order valence-corrected chi connectivity index (χ0v) is 10.2. The first-order valence-electron chi connectivity index (χ1n) is 5.74. The molecular formula is C13H24N2. The first kappa shape index (κ1) is 14.1. The molecule has 1 aromatic carbocycles. The summed E-state index contributed by atoms with van der Waals surface area (Å²) in [5.74, 6) is 0. The molecular weight excluding hydrogens is 184 g/mol. The van der Waals surface area contributed by atoms with Gasteiger partial charge in [0, 0.05) is 6.54 Å². The highest BCUT2D eigenvalue weighted by Crippen LogP contribution is 1.94. The van der Waals surface area contributed by atoms with Gasteiger partial charge in [0.25, 0.3) is 0 Å². The summed E-state index contributed by atoms with van der Waals surface area (Å²) in [6, 6.07) is 9.99. The lowest BCUT2D eigenvalue weighted by atomic mass is 10.2. The minimum Gasteiger partial charge on any atom is -0.326 e. The van der Waals surface area contributed by atoms with E-state index in [1.165, 1.54) is 25.2 Å². The van der Waals surface area contributed by atoms with Crippen molar-refractivity contribution in [3.05, 3.63) is 35.9 Å². The second-order valence-electron chi connectivity index (χ2n) is 3.31. The van der Waals surface area contributed by atoms with E-state index in [9.17, 15) is 0 Å². The maximum absolute atomic E-state index is 5.35. The van der Waals surface area contributed by atoms with E-state index in [2.05, 4.69) is 25.7 Å². The Balaban J connectivity index is 0.000000265. The van der Waals surface area contributed by atoms with Crippen molar-refractivity contribution in [2.45, 2.75) is 27.3 Å². The van der Waals surface area contributed by atoms with E-state index in [-0.39, 0.29) is 0 Å². The molecule has 0 bridgehead atoms. The van der Waals surface area contributed by atoms with Crippen LogP contribution < -0.4 is 5.73 Å². The second-order valence-corrected chi connectivity index (χ2v) is 3.31. The molecule has 15 heavy (non-hydrogen) atoms. The van der Waals surface area contributed by atoms with Crippen molar-refractivity contribution in [1.82, 2.24) is 4.90 Å². The number of hydrogen-bond donors (Lipinski definition) is 1. The Morgan fingerprint density at radius 2 is 1.40 bits per heavy atom. The molecule has 86 valence electrons. The quantitative estimate of drug-likeness (QED) is 0.823. The average Bonchev–Trinajstić information content (AvgIpc) is 2.33. The summed E-state index contributed by atoms with van der Waals surface area (Å²) in [6.45, 7) is 10.8. The van der Waals surface area contributed by atoms with Crippen molar-refractivity contribution in [1.29, 1.82) is 0 Å². The molecule has 0 aliphatic rings. The summed E-state index contributed by atoms with van der Waals surface area (Å²) in [7, 11) is 0. The van der Waals surface area contributed by atoms with Crippen molar-refractivity contribution in [3.8, 4) is 0 Å². The highest BCUT2D eigenvalue weighted by molar-refractivity contribution is 5.13. The molecule has 0 heterocycles. The van der Waals surface area contributed by atoms with E-state index in [1.807, 2.05) is 30.3 Å². The van der Waals surface area contributed by atoms with Gasteiger partial charge in [0.2, 0.25) is 0 Å². The summed E-state index contributed by atoms with van der Waals surface area (Å²) in [5, 5.41) is 0. The van der Waals surface area contributed by atoms with Crippen LogP contribution in [-0.2, 0) is 6.54 Å². The van der Waals surface area contributed by atoms with Gasteiger partial charge in [-0.3, -0.25) is 0 Å². The van der Waals surface area contributed by atoms with E-state index in [0.717, 1.165) is 0 Å². The fourth-order valence-corrected chi connectivity index (χ4v) is 1.28. The van der Waals surface area contributed by atoms with Gasteiger partial charge >= 0.3 is 0 Å². The summed E-state index contributed by atoms with van der Waals surface area (Å²) in [5.41, 5.74) is 6.54. The Kier molecular flexibility index (Phi) is 9.13. The number of nitrogens with zero attached hydrogens (tertiary/aromatic N) is 1. The molecule has 1 aromatic rings. The Labute approximate surface area is 94.1 Å². The van der Waals surface area contributed by atoms with E-state index >= 15 is 0 Å². The summed E-state index contributed by atoms with van der Waals surface area (Å²) in [6.07, 6.45) is 0. The SMILES string of the molecule is CCN(CC)CC.NCc1ccccc1. The van der Waals surface area contributed by atoms with E-state index in [4.69, 9.17) is 5.73 Å². The standard InChI is InChI=1S/C7H9N.C6H15N/c8-6-7-4-2-1-3-5-7;1-4-7(5-2)6-3/h1-5H,6,8H2;4-6H2,1-3H3. The van der Waals surface area contributed by atoms with Crippen LogP contribution >= 0.6 is 0 Å². The van der Waals surface area contributed by atoms with Gasteiger partial charge in [-0.15, -0.1) is 0 Å². The summed E-state index contributed by atoms with van der Waals surface area (Å²) in [4.78, 5) is 2.38. The third-order valence-corrected chi connectivity index (χ3v) is 2.42. The van der Waals surface area contributed by atoms with Crippen molar-refractivity contribution < 1.29 is 0 Å². The molecule has 0 aromatic heterocycles. The molecule has 0 radical (unpaired) electrons. The first-order chi connectivity index (χ1) is 7.28. The number of benzene rings is 1. The van der Waals surface area contributed by atoms with Gasteiger partial charge in [-0.1, -0.05) is 51.1 Å². The smallest absolute Gasteiger partial charge is 0.0178 e. The van der Waals surface area contributed by atoms with Crippen LogP contribution in [0.5, 0.6) is 0 Å². The summed E-state index contributed by atoms with van der Waals surface area (Å²) >= 11 is 0. The molecule has 0 saturated heterocycles. The normalized spacial score (nSPS) is 9.67. The number of rotatable bonds is 4. The zero-order chi connectivity index (χ0) is 11.5. The molecule has 0 spiro atoms. The predicted molar refractivity (Wildman–Crippen MR) is 67.8 cm³/mol. The first-order valence-corrected chi connectivity index (χ1v) is 5.74. The van der Waals surface area contributed by atoms with Crippen LogP contribution in [0.25, 0.3) is 0 Å². The molecule has 1 rings (SSSR count). The van der Waals surface area contributed by atoms with Crippen LogP contribution in [0, 0.1) is 0 Å². The molecule has 0 unspecified atom stereocenters. The number of nitrogens with two attached hydrogens (primary N) is 1. The van der Waals surface area contributed by atoms with Crippen LogP contribution in [0.2, 0.25) is 0 Å². The van der Waals surface area contributed by atoms with Gasteiger partial charge in [0.05, 0.1) is 0 Å². The number of hydrogen-bond acceptors (Lipinski definition) is 2. The molecule has 0 aliphatic carbocycles. The molecule has 2 nitrogen and oxygen atoms in total. The minimum absolute atomic E-state index is 0.640. The lowest BCUT2D eigenvalue weighted by Gasteiger charge is -2.13. The predicted octanol–water partition coefficient (Wildman–Crippen LogP) is 2.49. The van der Waals surface area contributed by atoms with E-state index in [1.54, 1.807) is 0 Å². The maximum atomic E-state index is 5.35. The summed E-state index contributed by atoms with van der Waals surface area (Å²) < 4.78 is 0. The van der Waals surface area contributed by atoms with Crippen molar-refractivity contribution >= 4 is 0 Å². The van der Waals surface area contributed by atoms with Crippen LogP contribution in [-0.4, -0.2) is 24.5 Å². The molecule has 0 saturated carbocycles. The molecule has 2 N–H and O–H groups in total. The molecule has 2 heteroatoms. The van der Waals surface area contributed by atoms with Crippen LogP contribution in [0.4, 0.5) is 0 Å². The topological polar surface area (TPSA) is 29.3 Å². The van der Waals surface area contributed by atoms with Gasteiger partial charge < -0.3 is 10.6 Å². The van der Waals surface area contributed by atoms with Crippen LogP contribution in [0.1, 0.15) is 26.3 Å². The Bertz CT molecular complexity index is 212. The Hall–Kier alpha value is -0.860. The van der Waals surface area contributed by atoms with E-state index < -0.39 is 0 Å². The van der Waals surface area contributed by atoms with Gasteiger partial charge in [-0.25, -0.2) is 0 Å². The molecule has 0 fully saturated rings. The Morgan fingerprint density at radius 1 is 0.933 bits per heavy atom. The van der Waals surface area contributed by atoms with Crippen molar-refractivity contribution in [2.75, 3.05) is 19.6 Å². The van der Waals surface area contributed by atoms with Crippen LogP contribution in [0.3, 0.4) is 0 Å². The Morgan fingerprint density at radius 3 is 1.60 bits per heavy atom. The largest absolute Gasteiger partial charge is 0.326 e. The average molecular weight is 208 g/mol. The third kappa shape index (κ3) is 7.11. The fraction of sp³-hybridized carbons (Fsp3) is 0.538. The molecule has 0 atom stereocenters. The fourth-order valence-electron chi connectivity index (χ4n) is 1.28. The maximum Gasteiger partial charge on any atom is 0.0178 e. The third-order valence-electron chi connectivity index (χ3n) is 2.42. The van der Waals surface area contributed by atoms with Gasteiger partial charge in [-0.05, 0) is 25.2 Å². The van der Waals surface area contributed by atoms with Gasteiger partial charge in [-0.2, -0.15) is 0 Å². The molecule has 0 aliphatic heterocycles. The van der Waals surface area contributed by atoms with Crippen molar-refractivity contribution in [2.24, 2.45) is 5.73 Å². The minimum atomic E-state index is 0.640. The van der Waals surface area contributed by atoms with Crippen molar-refractivity contribution in [3.63, 3.8) is 0 Å². The van der Waals surface area contributed by atoms with Gasteiger partial charge in [0.15, 0.2) is 0 Å². The van der Waals surface area contributed by atoms with Gasteiger partial charge in [0.1, 0.15) is 0 Å². The lowest BCUT2D eigenvalue weighted by Crippen LogP contribution is -2.21. The monoisotopic (exact) mass is 208 g/mol. The second kappa shape index (κ2) is 9.69. The highest BCUT2D eigenvalue weighted by atomic mass is 15.1. The zero-order valence-electron chi connectivity index (χ0n) is 10.2. The lowest BCUT2D eigenvalue weighted by molar-refractivity contribution is 0.321. The van der Waals surface area contributed by atoms with E-state index in [0.29, 0.717) is 6.54 Å².